The minimum atomic E-state index is -1.84. The molecule has 15 N–H and O–H groups in total. The van der Waals surface area contributed by atoms with Crippen LogP contribution >= 0.6 is 0 Å². The lowest BCUT2D eigenvalue weighted by Crippen LogP contribution is -2.67. The van der Waals surface area contributed by atoms with Gasteiger partial charge in [0.15, 0.2) is 18.9 Å². The molecular formula is C54H88O24. The molecule has 0 spiro atoms. The first-order valence-corrected chi connectivity index (χ1v) is 28.0. The van der Waals surface area contributed by atoms with E-state index in [9.17, 15) is 81.4 Å². The first-order chi connectivity index (χ1) is 36.6. The van der Waals surface area contributed by atoms with E-state index in [0.29, 0.717) is 38.5 Å². The highest BCUT2D eigenvalue weighted by atomic mass is 16.8. The van der Waals surface area contributed by atoms with Gasteiger partial charge in [-0.25, -0.2) is 0 Å². The molecule has 0 amide bonds. The molecule has 0 aromatic rings. The van der Waals surface area contributed by atoms with Crippen LogP contribution in [0.1, 0.15) is 106 Å². The Hall–Kier alpha value is -1.67. The first kappa shape index (κ1) is 60.9. The summed E-state index contributed by atoms with van der Waals surface area (Å²) in [5.74, 6) is -0.647. The monoisotopic (exact) mass is 1120 g/mol. The summed E-state index contributed by atoms with van der Waals surface area (Å²) >= 11 is 0. The largest absolute Gasteiger partial charge is 0.432 e. The number of aliphatic hydroxyl groups is 15. The quantitative estimate of drug-likeness (QED) is 0.0494. The number of carbonyl (C=O) groups is 1. The van der Waals surface area contributed by atoms with Crippen LogP contribution in [0.15, 0.2) is 11.6 Å². The Morgan fingerprint density at radius 3 is 1.68 bits per heavy atom. The van der Waals surface area contributed by atoms with E-state index < -0.39 is 172 Å². The van der Waals surface area contributed by atoms with Crippen LogP contribution in [-0.2, 0) is 42.7 Å². The van der Waals surface area contributed by atoms with Crippen molar-refractivity contribution < 1.29 is 119 Å². The molecule has 0 aromatic heterocycles. The minimum Gasteiger partial charge on any atom is -0.432 e. The molecule has 78 heavy (non-hydrogen) atoms. The predicted octanol–water partition coefficient (Wildman–Crippen LogP) is -3.06. The normalized spacial score (nSPS) is 55.4. The van der Waals surface area contributed by atoms with E-state index >= 15 is 0 Å². The van der Waals surface area contributed by atoms with E-state index in [1.165, 1.54) is 5.57 Å². The third-order valence-electron chi connectivity index (χ3n) is 21.8. The molecule has 0 bridgehead atoms. The van der Waals surface area contributed by atoms with Crippen molar-refractivity contribution in [3.8, 4) is 0 Å². The fraction of sp³-hybridized carbons (Fsp3) is 0.944. The molecule has 4 heterocycles. The molecule has 5 aliphatic carbocycles. The van der Waals surface area contributed by atoms with Crippen LogP contribution in [0.3, 0.4) is 0 Å². The van der Waals surface area contributed by atoms with Gasteiger partial charge in [0.05, 0.1) is 44.6 Å². The maximum Gasteiger partial charge on any atom is 0.314 e. The summed E-state index contributed by atoms with van der Waals surface area (Å²) in [5, 5.41) is 159. The SMILES string of the molecule is C[C@@]1(C(=O)O[C@@H]2O[C@H](CO[C@@H]3O[C@H](CO)[C@@H](O)[C@H](O)[C@H]3O)[C@@H](O)[C@H](O)[C@H]2O)CC[C@]2(C)CC[C@]3(C)C(=CC[C@@H]4[C@@]5(C)CC[C@H](O[C@@H]6O[C@H](CO)[C@@H](O)[C@H](O)[C@H]6O[C@@H]6O[C@H](CO)[C@@H](O)[C@H](O)[C@H]6O)[C@](C)(CO)[C@@H]5CC[C@]43C)[C@H]2C1. The Labute approximate surface area is 453 Å². The lowest BCUT2D eigenvalue weighted by atomic mass is 9.33. The second kappa shape index (κ2) is 22.4. The number of carbonyl (C=O) groups excluding carboxylic acids is 1. The molecule has 24 nitrogen and oxygen atoms in total. The molecule has 0 unspecified atom stereocenters. The Morgan fingerprint density at radius 2 is 1.08 bits per heavy atom. The number of fused-ring (bicyclic) bond motifs is 7. The fourth-order valence-corrected chi connectivity index (χ4v) is 16.4. The summed E-state index contributed by atoms with van der Waals surface area (Å²) in [6, 6.07) is 0. The van der Waals surface area contributed by atoms with E-state index in [-0.39, 0.29) is 46.0 Å². The van der Waals surface area contributed by atoms with Gasteiger partial charge in [-0.3, -0.25) is 4.79 Å². The summed E-state index contributed by atoms with van der Waals surface area (Å²) < 4.78 is 47.2. The molecular weight excluding hydrogens is 1030 g/mol. The summed E-state index contributed by atoms with van der Waals surface area (Å²) in [6.07, 6.45) is -24.3. The zero-order valence-electron chi connectivity index (χ0n) is 45.4. The molecule has 9 aliphatic rings. The van der Waals surface area contributed by atoms with Crippen molar-refractivity contribution in [1.82, 2.24) is 0 Å². The van der Waals surface area contributed by atoms with E-state index in [1.54, 1.807) is 0 Å². The van der Waals surface area contributed by atoms with Crippen molar-refractivity contribution in [3.05, 3.63) is 11.6 Å². The highest BCUT2D eigenvalue weighted by Gasteiger charge is 2.70. The third kappa shape index (κ3) is 9.86. The lowest BCUT2D eigenvalue weighted by Gasteiger charge is -2.71. The van der Waals surface area contributed by atoms with E-state index in [4.69, 9.17) is 37.9 Å². The third-order valence-corrected chi connectivity index (χ3v) is 21.8. The van der Waals surface area contributed by atoms with Gasteiger partial charge in [-0.15, -0.1) is 0 Å². The number of hydrogen-bond acceptors (Lipinski definition) is 24. The fourth-order valence-electron chi connectivity index (χ4n) is 16.4. The van der Waals surface area contributed by atoms with Crippen LogP contribution in [0.2, 0.25) is 0 Å². The first-order valence-electron chi connectivity index (χ1n) is 28.0. The summed E-state index contributed by atoms with van der Waals surface area (Å²) in [4.78, 5) is 14.5. The van der Waals surface area contributed by atoms with Crippen molar-refractivity contribution in [2.75, 3.05) is 33.0 Å². The summed E-state index contributed by atoms with van der Waals surface area (Å²) in [7, 11) is 0. The van der Waals surface area contributed by atoms with Gasteiger partial charge < -0.3 is 114 Å². The average Bonchev–Trinajstić information content (AvgIpc) is 3.48. The Bertz CT molecular complexity index is 2140. The second-order valence-electron chi connectivity index (χ2n) is 26.0. The number of allylic oxidation sites excluding steroid dienone is 2. The standard InChI is InChI=1S/C54H88O24/c1-49-13-14-50(2,48(70)78-46-42(69)38(65)35(62)28(75-46)21-71-44-40(67)36(63)32(59)25(18-55)72-44)17-24(49)23-7-8-30-51(3)11-10-31(52(4,22-58)29(51)9-12-54(30,6)53(23,5)16-15-49)76-47-43(39(66)34(61)27(20-57)74-47)77-45-41(68)37(64)33(60)26(19-56)73-45/h7,24-47,55-69H,8-22H2,1-6H3/t24-,25-,26-,27-,28-,29-,30-,31+,32-,33-,34-,35-,36+,37+,38+,39+,40-,41-,42-,43-,44-,45+,46+,47+,49-,50-,51+,52-,53-,54-/m1/s1. The zero-order chi connectivity index (χ0) is 57.0. The molecule has 9 rings (SSSR count). The summed E-state index contributed by atoms with van der Waals surface area (Å²) in [6.45, 7) is 10.2. The van der Waals surface area contributed by atoms with E-state index in [0.717, 1.165) is 25.7 Å². The van der Waals surface area contributed by atoms with Gasteiger partial charge in [-0.1, -0.05) is 46.3 Å². The smallest absolute Gasteiger partial charge is 0.314 e. The van der Waals surface area contributed by atoms with Crippen LogP contribution in [0, 0.1) is 50.2 Å². The van der Waals surface area contributed by atoms with Crippen LogP contribution in [0.25, 0.3) is 0 Å². The molecule has 30 atom stereocenters. The highest BCUT2D eigenvalue weighted by molar-refractivity contribution is 5.77. The number of rotatable bonds is 13. The van der Waals surface area contributed by atoms with Gasteiger partial charge in [-0.05, 0) is 111 Å². The molecule has 4 aliphatic heterocycles. The molecule has 4 saturated carbocycles. The number of aliphatic hydroxyl groups excluding tert-OH is 15. The van der Waals surface area contributed by atoms with Gasteiger partial charge >= 0.3 is 5.97 Å². The molecule has 0 radical (unpaired) electrons. The van der Waals surface area contributed by atoms with E-state index in [2.05, 4.69) is 33.8 Å². The number of hydrogen-bond donors (Lipinski definition) is 15. The van der Waals surface area contributed by atoms with Gasteiger partial charge in [0.25, 0.3) is 0 Å². The van der Waals surface area contributed by atoms with Crippen LogP contribution < -0.4 is 0 Å². The van der Waals surface area contributed by atoms with Crippen molar-refractivity contribution in [2.45, 2.75) is 235 Å². The Balaban J connectivity index is 0.908. The molecule has 8 fully saturated rings. The highest BCUT2D eigenvalue weighted by Crippen LogP contribution is 2.76. The zero-order valence-corrected chi connectivity index (χ0v) is 45.4. The van der Waals surface area contributed by atoms with Crippen LogP contribution in [0.5, 0.6) is 0 Å². The minimum absolute atomic E-state index is 0.0350. The van der Waals surface area contributed by atoms with Gasteiger partial charge in [-0.2, -0.15) is 0 Å². The van der Waals surface area contributed by atoms with Crippen LogP contribution in [-0.4, -0.2) is 245 Å². The average molecular weight is 1120 g/mol. The number of esters is 1. The van der Waals surface area contributed by atoms with Crippen molar-refractivity contribution >= 4 is 5.97 Å². The topological polar surface area (TPSA) is 394 Å². The molecule has 4 saturated heterocycles. The maximum atomic E-state index is 14.5. The molecule has 0 aromatic carbocycles. The lowest BCUT2D eigenvalue weighted by molar-refractivity contribution is -0.379. The predicted molar refractivity (Wildman–Crippen MR) is 264 cm³/mol. The van der Waals surface area contributed by atoms with Crippen LogP contribution in [0.4, 0.5) is 0 Å². The van der Waals surface area contributed by atoms with Crippen molar-refractivity contribution in [1.29, 1.82) is 0 Å². The van der Waals surface area contributed by atoms with E-state index in [1.807, 2.05) is 13.8 Å². The number of ether oxygens (including phenoxy) is 8. The van der Waals surface area contributed by atoms with Crippen molar-refractivity contribution in [2.24, 2.45) is 50.2 Å². The Kier molecular flexibility index (Phi) is 17.5. The molecule has 448 valence electrons. The van der Waals surface area contributed by atoms with Gasteiger partial charge in [0.2, 0.25) is 6.29 Å². The molecule has 24 heteroatoms. The second-order valence-corrected chi connectivity index (χ2v) is 26.0. The Morgan fingerprint density at radius 1 is 0.551 bits per heavy atom. The summed E-state index contributed by atoms with van der Waals surface area (Å²) in [5.41, 5.74) is -1.70. The van der Waals surface area contributed by atoms with Gasteiger partial charge in [0, 0.05) is 5.41 Å². The maximum absolute atomic E-state index is 14.5. The van der Waals surface area contributed by atoms with Gasteiger partial charge in [0.1, 0.15) is 97.7 Å². The van der Waals surface area contributed by atoms with Crippen molar-refractivity contribution in [3.63, 3.8) is 0 Å².